The molecule has 1 unspecified atom stereocenters. The predicted octanol–water partition coefficient (Wildman–Crippen LogP) is 3.36. The van der Waals surface area contributed by atoms with Crippen LogP contribution in [0.2, 0.25) is 0 Å². The van der Waals surface area contributed by atoms with E-state index in [2.05, 4.69) is 30.8 Å². The molecule has 0 N–H and O–H groups in total. The number of thiazole rings is 1. The lowest BCUT2D eigenvalue weighted by Crippen LogP contribution is -2.22. The van der Waals surface area contributed by atoms with E-state index in [1.807, 2.05) is 19.1 Å². The van der Waals surface area contributed by atoms with Crippen LogP contribution in [0.15, 0.2) is 29.2 Å². The van der Waals surface area contributed by atoms with Gasteiger partial charge in [0.1, 0.15) is 0 Å². The molecule has 0 aliphatic rings. The molecular weight excluding hydrogens is 316 g/mol. The van der Waals surface area contributed by atoms with Gasteiger partial charge < -0.3 is 0 Å². The van der Waals surface area contributed by atoms with Gasteiger partial charge in [0.15, 0.2) is 9.84 Å². The molecule has 1 aromatic heterocycles. The second kappa shape index (κ2) is 6.48. The summed E-state index contributed by atoms with van der Waals surface area (Å²) in [4.78, 5) is 8.45. The second-order valence-corrected chi connectivity index (χ2v) is 9.10. The highest BCUT2D eigenvalue weighted by Crippen LogP contribution is 2.27. The lowest BCUT2D eigenvalue weighted by atomic mass is 10.1. The van der Waals surface area contributed by atoms with E-state index in [-0.39, 0.29) is 6.04 Å². The molecule has 4 nitrogen and oxygen atoms in total. The Morgan fingerprint density at radius 2 is 1.82 bits per heavy atom. The standard InChI is InChI=1S/C16H22N2O2S2/c1-11(16-12(2)21-13(3)17-16)18(4)10-14-6-8-15(9-7-14)22(5,19)20/h6-9,11H,10H2,1-5H3. The van der Waals surface area contributed by atoms with Crippen molar-refractivity contribution in [2.75, 3.05) is 13.3 Å². The van der Waals surface area contributed by atoms with Gasteiger partial charge in [-0.3, -0.25) is 4.90 Å². The molecule has 0 aliphatic carbocycles. The van der Waals surface area contributed by atoms with E-state index in [9.17, 15) is 8.42 Å². The number of aryl methyl sites for hydroxylation is 2. The molecule has 0 spiro atoms. The van der Waals surface area contributed by atoms with Crippen molar-refractivity contribution in [2.45, 2.75) is 38.3 Å². The van der Waals surface area contributed by atoms with Crippen molar-refractivity contribution in [1.82, 2.24) is 9.88 Å². The minimum atomic E-state index is -3.13. The molecule has 1 atom stereocenters. The Bertz CT molecular complexity index is 749. The highest BCUT2D eigenvalue weighted by Gasteiger charge is 2.18. The monoisotopic (exact) mass is 338 g/mol. The summed E-state index contributed by atoms with van der Waals surface area (Å²) in [6.07, 6.45) is 1.23. The summed E-state index contributed by atoms with van der Waals surface area (Å²) in [5, 5.41) is 1.09. The quantitative estimate of drug-likeness (QED) is 0.839. The Kier molecular flexibility index (Phi) is 5.04. The minimum Gasteiger partial charge on any atom is -0.294 e. The lowest BCUT2D eigenvalue weighted by Gasteiger charge is -2.24. The number of hydrogen-bond acceptors (Lipinski definition) is 5. The smallest absolute Gasteiger partial charge is 0.175 e. The van der Waals surface area contributed by atoms with Crippen molar-refractivity contribution in [2.24, 2.45) is 0 Å². The van der Waals surface area contributed by atoms with E-state index in [4.69, 9.17) is 0 Å². The number of hydrogen-bond donors (Lipinski definition) is 0. The van der Waals surface area contributed by atoms with Crippen molar-refractivity contribution in [3.05, 3.63) is 45.4 Å². The number of sulfone groups is 1. The molecule has 0 saturated heterocycles. The van der Waals surface area contributed by atoms with Crippen molar-refractivity contribution >= 4 is 21.2 Å². The zero-order valence-corrected chi connectivity index (χ0v) is 15.3. The average molecular weight is 338 g/mol. The van der Waals surface area contributed by atoms with Gasteiger partial charge in [0, 0.05) is 17.7 Å². The van der Waals surface area contributed by atoms with Gasteiger partial charge in [-0.25, -0.2) is 13.4 Å². The Balaban J connectivity index is 2.11. The normalized spacial score (nSPS) is 13.5. The topological polar surface area (TPSA) is 50.3 Å². The maximum atomic E-state index is 11.5. The molecule has 0 saturated carbocycles. The maximum Gasteiger partial charge on any atom is 0.175 e. The van der Waals surface area contributed by atoms with E-state index < -0.39 is 9.84 Å². The summed E-state index contributed by atoms with van der Waals surface area (Å²) >= 11 is 1.72. The lowest BCUT2D eigenvalue weighted by molar-refractivity contribution is 0.248. The molecule has 1 aromatic carbocycles. The van der Waals surface area contributed by atoms with Gasteiger partial charge in [0.25, 0.3) is 0 Å². The van der Waals surface area contributed by atoms with Crippen LogP contribution in [0.4, 0.5) is 0 Å². The van der Waals surface area contributed by atoms with Crippen LogP contribution in [0.25, 0.3) is 0 Å². The largest absolute Gasteiger partial charge is 0.294 e. The highest BCUT2D eigenvalue weighted by molar-refractivity contribution is 7.90. The van der Waals surface area contributed by atoms with Gasteiger partial charge in [-0.1, -0.05) is 12.1 Å². The number of nitrogens with zero attached hydrogens (tertiary/aromatic N) is 2. The number of rotatable bonds is 5. The molecule has 0 bridgehead atoms. The SMILES string of the molecule is Cc1nc(C(C)N(C)Cc2ccc(S(C)(=O)=O)cc2)c(C)s1. The van der Waals surface area contributed by atoms with Crippen molar-refractivity contribution < 1.29 is 8.42 Å². The summed E-state index contributed by atoms with van der Waals surface area (Å²) in [5.74, 6) is 0. The van der Waals surface area contributed by atoms with Crippen LogP contribution in [0, 0.1) is 13.8 Å². The first-order chi connectivity index (χ1) is 10.2. The van der Waals surface area contributed by atoms with E-state index in [1.165, 1.54) is 11.1 Å². The third-order valence-electron chi connectivity index (χ3n) is 3.78. The van der Waals surface area contributed by atoms with Crippen molar-refractivity contribution in [3.8, 4) is 0 Å². The zero-order chi connectivity index (χ0) is 16.5. The fourth-order valence-corrected chi connectivity index (χ4v) is 3.95. The minimum absolute atomic E-state index is 0.222. The Labute approximate surface area is 136 Å². The summed E-state index contributed by atoms with van der Waals surface area (Å²) in [6.45, 7) is 7.02. The van der Waals surface area contributed by atoms with Crippen LogP contribution in [0.5, 0.6) is 0 Å². The first kappa shape index (κ1) is 17.1. The van der Waals surface area contributed by atoms with Gasteiger partial charge in [-0.15, -0.1) is 11.3 Å². The van der Waals surface area contributed by atoms with Crippen LogP contribution in [-0.4, -0.2) is 31.6 Å². The molecule has 2 aromatic rings. The Morgan fingerprint density at radius 1 is 1.23 bits per heavy atom. The summed E-state index contributed by atoms with van der Waals surface area (Å²) < 4.78 is 23.0. The third-order valence-corrected chi connectivity index (χ3v) is 5.81. The van der Waals surface area contributed by atoms with Crippen LogP contribution in [0.3, 0.4) is 0 Å². The molecular formula is C16H22N2O2S2. The van der Waals surface area contributed by atoms with Crippen molar-refractivity contribution in [3.63, 3.8) is 0 Å². The molecule has 0 radical (unpaired) electrons. The second-order valence-electron chi connectivity index (χ2n) is 5.68. The molecule has 2 rings (SSSR count). The Morgan fingerprint density at radius 3 is 2.27 bits per heavy atom. The Hall–Kier alpha value is -1.24. The van der Waals surface area contributed by atoms with Crippen LogP contribution < -0.4 is 0 Å². The fourth-order valence-electron chi connectivity index (χ4n) is 2.41. The average Bonchev–Trinajstić information content (AvgIpc) is 2.76. The summed E-state index contributed by atoms with van der Waals surface area (Å²) in [5.41, 5.74) is 2.21. The maximum absolute atomic E-state index is 11.5. The zero-order valence-electron chi connectivity index (χ0n) is 13.6. The molecule has 6 heteroatoms. The molecule has 22 heavy (non-hydrogen) atoms. The van der Waals surface area contributed by atoms with Gasteiger partial charge in [0.2, 0.25) is 0 Å². The first-order valence-corrected chi connectivity index (χ1v) is 9.82. The summed E-state index contributed by atoms with van der Waals surface area (Å²) in [7, 11) is -1.07. The van der Waals surface area contributed by atoms with Gasteiger partial charge in [0.05, 0.1) is 21.6 Å². The van der Waals surface area contributed by atoms with Crippen LogP contribution >= 0.6 is 11.3 Å². The van der Waals surface area contributed by atoms with Gasteiger partial charge in [-0.2, -0.15) is 0 Å². The molecule has 0 aliphatic heterocycles. The van der Waals surface area contributed by atoms with E-state index >= 15 is 0 Å². The summed E-state index contributed by atoms with van der Waals surface area (Å²) in [6, 6.07) is 7.31. The van der Waals surface area contributed by atoms with Crippen molar-refractivity contribution in [1.29, 1.82) is 0 Å². The van der Waals surface area contributed by atoms with Gasteiger partial charge in [-0.05, 0) is 45.5 Å². The van der Waals surface area contributed by atoms with Crippen LogP contribution in [0.1, 0.15) is 34.1 Å². The van der Waals surface area contributed by atoms with Crippen LogP contribution in [-0.2, 0) is 16.4 Å². The fraction of sp³-hybridized carbons (Fsp3) is 0.438. The van der Waals surface area contributed by atoms with E-state index in [1.54, 1.807) is 23.5 Å². The molecule has 0 fully saturated rings. The number of benzene rings is 1. The molecule has 0 amide bonds. The predicted molar refractivity (Wildman–Crippen MR) is 91.0 cm³/mol. The number of aromatic nitrogens is 1. The first-order valence-electron chi connectivity index (χ1n) is 7.11. The molecule has 120 valence electrons. The van der Waals surface area contributed by atoms with E-state index in [0.717, 1.165) is 22.8 Å². The van der Waals surface area contributed by atoms with Gasteiger partial charge >= 0.3 is 0 Å². The third kappa shape index (κ3) is 3.94. The highest BCUT2D eigenvalue weighted by atomic mass is 32.2. The molecule has 1 heterocycles. The van der Waals surface area contributed by atoms with E-state index in [0.29, 0.717) is 4.90 Å².